The van der Waals surface area contributed by atoms with Crippen molar-refractivity contribution < 1.29 is 4.74 Å². The van der Waals surface area contributed by atoms with Gasteiger partial charge in [0.25, 0.3) is 0 Å². The molecule has 4 nitrogen and oxygen atoms in total. The summed E-state index contributed by atoms with van der Waals surface area (Å²) in [5.74, 6) is 3.74. The zero-order valence-electron chi connectivity index (χ0n) is 29.0. The highest BCUT2D eigenvalue weighted by molar-refractivity contribution is 5.88. The molecule has 1 aliphatic heterocycles. The molecule has 52 heavy (non-hydrogen) atoms. The van der Waals surface area contributed by atoms with E-state index in [1.165, 1.54) is 11.1 Å². The lowest BCUT2D eigenvalue weighted by atomic mass is 9.75. The summed E-state index contributed by atoms with van der Waals surface area (Å²) in [6, 6.07) is 61.0. The van der Waals surface area contributed by atoms with E-state index in [1.54, 1.807) is 0 Å². The topological polar surface area (TPSA) is 47.9 Å². The predicted molar refractivity (Wildman–Crippen MR) is 211 cm³/mol. The Labute approximate surface area is 304 Å². The molecule has 0 aliphatic carbocycles. The fourth-order valence-electron chi connectivity index (χ4n) is 7.22. The van der Waals surface area contributed by atoms with Crippen LogP contribution in [0.1, 0.15) is 25.0 Å². The minimum absolute atomic E-state index is 0.205. The first-order valence-corrected chi connectivity index (χ1v) is 17.6. The van der Waals surface area contributed by atoms with Crippen molar-refractivity contribution in [2.24, 2.45) is 0 Å². The monoisotopic (exact) mass is 669 g/mol. The Bertz CT molecular complexity index is 2510. The highest BCUT2D eigenvalue weighted by Crippen LogP contribution is 2.49. The van der Waals surface area contributed by atoms with Gasteiger partial charge in [-0.2, -0.15) is 0 Å². The molecule has 0 atom stereocenters. The maximum Gasteiger partial charge on any atom is 0.164 e. The van der Waals surface area contributed by atoms with E-state index < -0.39 is 0 Å². The third-order valence-electron chi connectivity index (χ3n) is 10.0. The third-order valence-corrected chi connectivity index (χ3v) is 10.0. The van der Waals surface area contributed by atoms with Gasteiger partial charge in [-0.15, -0.1) is 0 Å². The van der Waals surface area contributed by atoms with E-state index in [0.717, 1.165) is 61.6 Å². The molecule has 0 N–H and O–H groups in total. The second-order valence-electron chi connectivity index (χ2n) is 13.7. The van der Waals surface area contributed by atoms with Crippen LogP contribution in [-0.4, -0.2) is 15.0 Å². The summed E-state index contributed by atoms with van der Waals surface area (Å²) in [6.45, 7) is 4.56. The van der Waals surface area contributed by atoms with Crippen LogP contribution in [0.2, 0.25) is 0 Å². The average Bonchev–Trinajstić information content (AvgIpc) is 3.21. The van der Waals surface area contributed by atoms with Crippen molar-refractivity contribution in [3.63, 3.8) is 0 Å². The van der Waals surface area contributed by atoms with Crippen LogP contribution in [0.4, 0.5) is 0 Å². The molecule has 1 aromatic heterocycles. The van der Waals surface area contributed by atoms with Gasteiger partial charge in [0.05, 0.1) is 0 Å². The molecule has 0 fully saturated rings. The molecule has 7 aromatic carbocycles. The number of nitrogens with zero attached hydrogens (tertiary/aromatic N) is 3. The van der Waals surface area contributed by atoms with Crippen molar-refractivity contribution in [3.8, 4) is 79.0 Å². The molecule has 2 heterocycles. The van der Waals surface area contributed by atoms with Crippen LogP contribution in [0.15, 0.2) is 176 Å². The van der Waals surface area contributed by atoms with Gasteiger partial charge in [-0.05, 0) is 63.7 Å². The highest BCUT2D eigenvalue weighted by atomic mass is 16.5. The maximum atomic E-state index is 6.39. The standard InChI is InChI=1S/C48H35N3O/c1-48(2)41-23-12-13-24-43(41)52-44-28-26-36(31-42(44)48)35-25-27-39(32-15-6-3-7-16-32)40(30-35)37-21-14-22-38(29-37)47-50-45(33-17-8-4-9-18-33)49-46(51-47)34-19-10-5-11-20-34/h3-31H,1-2H3. The zero-order valence-corrected chi connectivity index (χ0v) is 29.0. The van der Waals surface area contributed by atoms with Gasteiger partial charge < -0.3 is 4.74 Å². The summed E-state index contributed by atoms with van der Waals surface area (Å²) < 4.78 is 6.39. The lowest BCUT2D eigenvalue weighted by Crippen LogP contribution is -2.24. The second-order valence-corrected chi connectivity index (χ2v) is 13.7. The van der Waals surface area contributed by atoms with Gasteiger partial charge >= 0.3 is 0 Å². The van der Waals surface area contributed by atoms with E-state index in [4.69, 9.17) is 19.7 Å². The molecule has 248 valence electrons. The Kier molecular flexibility index (Phi) is 7.78. The number of hydrogen-bond acceptors (Lipinski definition) is 4. The Morgan fingerprint density at radius 1 is 0.346 bits per heavy atom. The summed E-state index contributed by atoms with van der Waals surface area (Å²) in [4.78, 5) is 14.9. The van der Waals surface area contributed by atoms with Crippen molar-refractivity contribution in [2.45, 2.75) is 19.3 Å². The van der Waals surface area contributed by atoms with E-state index in [9.17, 15) is 0 Å². The number of fused-ring (bicyclic) bond motifs is 2. The Morgan fingerprint density at radius 3 is 1.52 bits per heavy atom. The third kappa shape index (κ3) is 5.74. The summed E-state index contributed by atoms with van der Waals surface area (Å²) in [5, 5.41) is 0. The first kappa shape index (κ1) is 31.3. The molecule has 0 bridgehead atoms. The molecular formula is C48H35N3O. The molecule has 0 radical (unpaired) electrons. The van der Waals surface area contributed by atoms with E-state index in [-0.39, 0.29) is 5.41 Å². The molecule has 4 heteroatoms. The first-order valence-electron chi connectivity index (χ1n) is 17.6. The minimum Gasteiger partial charge on any atom is -0.457 e. The summed E-state index contributed by atoms with van der Waals surface area (Å²) in [6.07, 6.45) is 0. The SMILES string of the molecule is CC1(C)c2ccccc2Oc2ccc(-c3ccc(-c4ccccc4)c(-c4cccc(-c5nc(-c6ccccc6)nc(-c6ccccc6)n5)c4)c3)cc21. The Hall–Kier alpha value is -6.65. The van der Waals surface area contributed by atoms with Crippen molar-refractivity contribution in [1.82, 2.24) is 15.0 Å². The highest BCUT2D eigenvalue weighted by Gasteiger charge is 2.34. The largest absolute Gasteiger partial charge is 0.457 e. The van der Waals surface area contributed by atoms with E-state index in [1.807, 2.05) is 66.7 Å². The van der Waals surface area contributed by atoms with Gasteiger partial charge in [0.2, 0.25) is 0 Å². The van der Waals surface area contributed by atoms with Crippen molar-refractivity contribution in [3.05, 3.63) is 187 Å². The average molecular weight is 670 g/mol. The smallest absolute Gasteiger partial charge is 0.164 e. The molecular weight excluding hydrogens is 635 g/mol. The van der Waals surface area contributed by atoms with Gasteiger partial charge in [-0.3, -0.25) is 0 Å². The second kappa shape index (κ2) is 12.9. The summed E-state index contributed by atoms with van der Waals surface area (Å²) >= 11 is 0. The van der Waals surface area contributed by atoms with Gasteiger partial charge in [0.1, 0.15) is 11.5 Å². The lowest BCUT2D eigenvalue weighted by Gasteiger charge is -2.34. The molecule has 0 saturated carbocycles. The Balaban J connectivity index is 1.18. The van der Waals surface area contributed by atoms with Crippen LogP contribution < -0.4 is 4.74 Å². The fourth-order valence-corrected chi connectivity index (χ4v) is 7.22. The van der Waals surface area contributed by atoms with E-state index in [0.29, 0.717) is 17.5 Å². The number of benzene rings is 7. The van der Waals surface area contributed by atoms with Crippen LogP contribution in [-0.2, 0) is 5.41 Å². The molecule has 0 amide bonds. The van der Waals surface area contributed by atoms with E-state index in [2.05, 4.69) is 123 Å². The first-order chi connectivity index (χ1) is 25.5. The number of para-hydroxylation sites is 1. The van der Waals surface area contributed by atoms with Crippen molar-refractivity contribution >= 4 is 0 Å². The van der Waals surface area contributed by atoms with Crippen LogP contribution >= 0.6 is 0 Å². The van der Waals surface area contributed by atoms with Crippen molar-refractivity contribution in [1.29, 1.82) is 0 Å². The minimum atomic E-state index is -0.205. The van der Waals surface area contributed by atoms with Gasteiger partial charge in [-0.1, -0.05) is 159 Å². The summed E-state index contributed by atoms with van der Waals surface area (Å²) in [7, 11) is 0. The number of rotatable bonds is 6. The molecule has 0 unspecified atom stereocenters. The predicted octanol–water partition coefficient (Wildman–Crippen LogP) is 12.3. The van der Waals surface area contributed by atoms with Crippen LogP contribution in [0, 0.1) is 0 Å². The Morgan fingerprint density at radius 2 is 0.846 bits per heavy atom. The van der Waals surface area contributed by atoms with Crippen molar-refractivity contribution in [2.75, 3.05) is 0 Å². The molecule has 1 aliphatic rings. The van der Waals surface area contributed by atoms with E-state index >= 15 is 0 Å². The van der Waals surface area contributed by atoms with Gasteiger partial charge in [0.15, 0.2) is 17.5 Å². The number of aromatic nitrogens is 3. The van der Waals surface area contributed by atoms with Crippen LogP contribution in [0.3, 0.4) is 0 Å². The maximum absolute atomic E-state index is 6.39. The molecule has 0 saturated heterocycles. The van der Waals surface area contributed by atoms with Gasteiger partial charge in [0, 0.05) is 33.2 Å². The molecule has 9 rings (SSSR count). The number of ether oxygens (including phenoxy) is 1. The lowest BCUT2D eigenvalue weighted by molar-refractivity contribution is 0.418. The number of hydrogen-bond donors (Lipinski definition) is 0. The van der Waals surface area contributed by atoms with Crippen LogP contribution in [0.25, 0.3) is 67.5 Å². The van der Waals surface area contributed by atoms with Gasteiger partial charge in [-0.25, -0.2) is 15.0 Å². The quantitative estimate of drug-likeness (QED) is 0.177. The molecule has 0 spiro atoms. The fraction of sp³-hybridized carbons (Fsp3) is 0.0625. The van der Waals surface area contributed by atoms with Crippen LogP contribution in [0.5, 0.6) is 11.5 Å². The summed E-state index contributed by atoms with van der Waals surface area (Å²) in [5.41, 5.74) is 11.8. The zero-order chi connectivity index (χ0) is 35.1. The normalized spacial score (nSPS) is 12.7. The molecule has 8 aromatic rings.